The number of carbonyl (C=O) groups excluding carboxylic acids is 2. The average molecular weight is 322 g/mol. The van der Waals surface area contributed by atoms with Gasteiger partial charge in [0.1, 0.15) is 6.04 Å². The molecular formula is C20H22N2O2. The highest BCUT2D eigenvalue weighted by Crippen LogP contribution is 2.23. The van der Waals surface area contributed by atoms with Crippen molar-refractivity contribution < 1.29 is 9.59 Å². The largest absolute Gasteiger partial charge is 0.352 e. The minimum atomic E-state index is -0.279. The zero-order chi connectivity index (χ0) is 16.5. The monoisotopic (exact) mass is 322 g/mol. The number of nitrogens with one attached hydrogen (secondary N) is 1. The normalized spacial score (nSPS) is 20.3. The van der Waals surface area contributed by atoms with Gasteiger partial charge in [0.15, 0.2) is 0 Å². The van der Waals surface area contributed by atoms with Crippen molar-refractivity contribution in [3.8, 4) is 0 Å². The number of carbonyl (C=O) groups is 2. The van der Waals surface area contributed by atoms with Crippen molar-refractivity contribution in [3.05, 3.63) is 48.0 Å². The van der Waals surface area contributed by atoms with Gasteiger partial charge in [-0.2, -0.15) is 0 Å². The molecule has 0 aromatic heterocycles. The first-order chi connectivity index (χ1) is 11.7. The molecule has 4 nitrogen and oxygen atoms in total. The number of hydrogen-bond donors (Lipinski definition) is 1. The van der Waals surface area contributed by atoms with Crippen LogP contribution in [-0.4, -0.2) is 35.3 Å². The van der Waals surface area contributed by atoms with E-state index in [0.717, 1.165) is 36.6 Å². The van der Waals surface area contributed by atoms with Gasteiger partial charge in [0.25, 0.3) is 0 Å². The number of hydrogen-bond acceptors (Lipinski definition) is 2. The molecule has 2 amide bonds. The van der Waals surface area contributed by atoms with Crippen molar-refractivity contribution in [1.82, 2.24) is 10.2 Å². The Morgan fingerprint density at radius 3 is 2.62 bits per heavy atom. The van der Waals surface area contributed by atoms with Crippen molar-refractivity contribution in [3.63, 3.8) is 0 Å². The molecule has 2 aromatic carbocycles. The summed E-state index contributed by atoms with van der Waals surface area (Å²) in [6, 6.07) is 14.4. The number of benzene rings is 2. The Kier molecular flexibility index (Phi) is 3.97. The second kappa shape index (κ2) is 6.27. The molecule has 1 aliphatic carbocycles. The zero-order valence-electron chi connectivity index (χ0n) is 13.7. The predicted octanol–water partition coefficient (Wildman–Crippen LogP) is 2.65. The van der Waals surface area contributed by atoms with Crippen LogP contribution < -0.4 is 5.32 Å². The van der Waals surface area contributed by atoms with Gasteiger partial charge in [0.05, 0.1) is 6.42 Å². The Morgan fingerprint density at radius 2 is 1.83 bits per heavy atom. The Bertz CT molecular complexity index is 782. The molecule has 2 fully saturated rings. The van der Waals surface area contributed by atoms with E-state index in [1.54, 1.807) is 4.90 Å². The molecule has 1 unspecified atom stereocenters. The highest BCUT2D eigenvalue weighted by atomic mass is 16.2. The van der Waals surface area contributed by atoms with Gasteiger partial charge in [-0.15, -0.1) is 0 Å². The molecule has 1 saturated heterocycles. The third kappa shape index (κ3) is 3.14. The third-order valence-corrected chi connectivity index (χ3v) is 4.97. The lowest BCUT2D eigenvalue weighted by Crippen LogP contribution is -2.47. The third-order valence-electron chi connectivity index (χ3n) is 4.97. The van der Waals surface area contributed by atoms with Crippen LogP contribution in [0, 0.1) is 0 Å². The van der Waals surface area contributed by atoms with E-state index in [9.17, 15) is 9.59 Å². The van der Waals surface area contributed by atoms with E-state index in [4.69, 9.17) is 0 Å². The van der Waals surface area contributed by atoms with Gasteiger partial charge in [-0.05, 0) is 42.0 Å². The summed E-state index contributed by atoms with van der Waals surface area (Å²) < 4.78 is 0. The van der Waals surface area contributed by atoms with Crippen molar-refractivity contribution in [1.29, 1.82) is 0 Å². The molecule has 2 aliphatic rings. The van der Waals surface area contributed by atoms with Gasteiger partial charge in [-0.25, -0.2) is 0 Å². The Labute approximate surface area is 141 Å². The second-order valence-electron chi connectivity index (χ2n) is 6.89. The van der Waals surface area contributed by atoms with Gasteiger partial charge in [-0.3, -0.25) is 9.59 Å². The SMILES string of the molecule is O=C(NC1CC1)C1CCCN1C(=O)Cc1ccc2ccccc2c1. The summed E-state index contributed by atoms with van der Waals surface area (Å²) in [6.45, 7) is 0.690. The highest BCUT2D eigenvalue weighted by molar-refractivity contribution is 5.90. The quantitative estimate of drug-likeness (QED) is 0.941. The fourth-order valence-corrected chi connectivity index (χ4v) is 3.49. The molecule has 1 aliphatic heterocycles. The van der Waals surface area contributed by atoms with Gasteiger partial charge in [0.2, 0.25) is 11.8 Å². The second-order valence-corrected chi connectivity index (χ2v) is 6.89. The van der Waals surface area contributed by atoms with Crippen LogP contribution in [0.5, 0.6) is 0 Å². The van der Waals surface area contributed by atoms with Crippen LogP contribution in [0.15, 0.2) is 42.5 Å². The molecule has 1 saturated carbocycles. The van der Waals surface area contributed by atoms with Crippen LogP contribution in [0.4, 0.5) is 0 Å². The standard InChI is InChI=1S/C20H22N2O2/c23-19(13-14-7-8-15-4-1-2-5-16(15)12-14)22-11-3-6-18(22)20(24)21-17-9-10-17/h1-2,4-5,7-8,12,17-18H,3,6,9-11,13H2,(H,21,24). The summed E-state index contributed by atoms with van der Waals surface area (Å²) >= 11 is 0. The minimum absolute atomic E-state index is 0.0295. The van der Waals surface area contributed by atoms with E-state index >= 15 is 0 Å². The van der Waals surface area contributed by atoms with Gasteiger partial charge < -0.3 is 10.2 Å². The van der Waals surface area contributed by atoms with E-state index in [1.807, 2.05) is 18.2 Å². The lowest BCUT2D eigenvalue weighted by molar-refractivity contribution is -0.138. The molecule has 2 aromatic rings. The fraction of sp³-hybridized carbons (Fsp3) is 0.400. The number of rotatable bonds is 4. The molecule has 24 heavy (non-hydrogen) atoms. The van der Waals surface area contributed by atoms with Crippen LogP contribution in [0.2, 0.25) is 0 Å². The molecule has 1 N–H and O–H groups in total. The smallest absolute Gasteiger partial charge is 0.243 e. The number of nitrogens with zero attached hydrogens (tertiary/aromatic N) is 1. The molecule has 0 radical (unpaired) electrons. The fourth-order valence-electron chi connectivity index (χ4n) is 3.49. The molecular weight excluding hydrogens is 300 g/mol. The molecule has 0 spiro atoms. The summed E-state index contributed by atoms with van der Waals surface area (Å²) in [5.41, 5.74) is 1.01. The molecule has 1 heterocycles. The van der Waals surface area contributed by atoms with Crippen molar-refractivity contribution in [2.75, 3.05) is 6.54 Å². The van der Waals surface area contributed by atoms with Crippen molar-refractivity contribution >= 4 is 22.6 Å². The molecule has 0 bridgehead atoms. The van der Waals surface area contributed by atoms with Crippen LogP contribution in [0.1, 0.15) is 31.2 Å². The Balaban J connectivity index is 1.46. The maximum Gasteiger partial charge on any atom is 0.243 e. The summed E-state index contributed by atoms with van der Waals surface area (Å²) in [4.78, 5) is 26.8. The van der Waals surface area contributed by atoms with E-state index < -0.39 is 0 Å². The average Bonchev–Trinajstić information content (AvgIpc) is 3.26. The summed E-state index contributed by atoms with van der Waals surface area (Å²) in [6.07, 6.45) is 4.19. The zero-order valence-corrected chi connectivity index (χ0v) is 13.7. The summed E-state index contributed by atoms with van der Waals surface area (Å²) in [7, 11) is 0. The van der Waals surface area contributed by atoms with Crippen LogP contribution >= 0.6 is 0 Å². The van der Waals surface area contributed by atoms with E-state index in [-0.39, 0.29) is 17.9 Å². The lowest BCUT2D eigenvalue weighted by atomic mass is 10.0. The molecule has 124 valence electrons. The summed E-state index contributed by atoms with van der Waals surface area (Å²) in [5, 5.41) is 5.36. The lowest BCUT2D eigenvalue weighted by Gasteiger charge is -2.24. The van der Waals surface area contributed by atoms with Crippen LogP contribution in [0.25, 0.3) is 10.8 Å². The van der Waals surface area contributed by atoms with Crippen LogP contribution in [-0.2, 0) is 16.0 Å². The van der Waals surface area contributed by atoms with E-state index in [2.05, 4.69) is 29.6 Å². The van der Waals surface area contributed by atoms with Crippen LogP contribution in [0.3, 0.4) is 0 Å². The number of fused-ring (bicyclic) bond motifs is 1. The van der Waals surface area contributed by atoms with Crippen molar-refractivity contribution in [2.24, 2.45) is 0 Å². The number of likely N-dealkylation sites (tertiary alicyclic amines) is 1. The minimum Gasteiger partial charge on any atom is -0.352 e. The Hall–Kier alpha value is -2.36. The maximum absolute atomic E-state index is 12.7. The first-order valence-electron chi connectivity index (χ1n) is 8.78. The first kappa shape index (κ1) is 15.2. The highest BCUT2D eigenvalue weighted by Gasteiger charge is 2.36. The first-order valence-corrected chi connectivity index (χ1v) is 8.78. The molecule has 4 heteroatoms. The topological polar surface area (TPSA) is 49.4 Å². The van der Waals surface area contributed by atoms with Gasteiger partial charge >= 0.3 is 0 Å². The van der Waals surface area contributed by atoms with Gasteiger partial charge in [-0.1, -0.05) is 42.5 Å². The molecule has 1 atom stereocenters. The van der Waals surface area contributed by atoms with Crippen molar-refractivity contribution in [2.45, 2.75) is 44.2 Å². The van der Waals surface area contributed by atoms with E-state index in [0.29, 0.717) is 19.0 Å². The van der Waals surface area contributed by atoms with E-state index in [1.165, 1.54) is 5.39 Å². The van der Waals surface area contributed by atoms with Gasteiger partial charge in [0, 0.05) is 12.6 Å². The maximum atomic E-state index is 12.7. The summed E-state index contributed by atoms with van der Waals surface area (Å²) in [5.74, 6) is 0.0839. The Morgan fingerprint density at radius 1 is 1.04 bits per heavy atom. The molecule has 4 rings (SSSR count). The predicted molar refractivity (Wildman–Crippen MR) is 93.6 cm³/mol. The number of amides is 2.